The van der Waals surface area contributed by atoms with Crippen molar-refractivity contribution in [2.45, 2.75) is 12.5 Å². The predicted molar refractivity (Wildman–Crippen MR) is 71.2 cm³/mol. The number of pyridine rings is 1. The first-order valence-corrected chi connectivity index (χ1v) is 6.12. The van der Waals surface area contributed by atoms with E-state index in [4.69, 9.17) is 0 Å². The summed E-state index contributed by atoms with van der Waals surface area (Å²) >= 11 is 0. The van der Waals surface area contributed by atoms with Gasteiger partial charge in [-0.2, -0.15) is 0 Å². The molecule has 98 valence electrons. The Kier molecular flexibility index (Phi) is 2.79. The molecule has 6 heteroatoms. The summed E-state index contributed by atoms with van der Waals surface area (Å²) in [7, 11) is 0. The smallest absolute Gasteiger partial charge is 0.295 e. The van der Waals surface area contributed by atoms with Gasteiger partial charge in [0.05, 0.1) is 11.0 Å². The fourth-order valence-corrected chi connectivity index (χ4v) is 2.53. The lowest BCUT2D eigenvalue weighted by molar-refractivity contribution is -0.383. The van der Waals surface area contributed by atoms with Crippen molar-refractivity contribution in [3.05, 3.63) is 40.6 Å². The van der Waals surface area contributed by atoms with Gasteiger partial charge >= 0.3 is 0 Å². The van der Waals surface area contributed by atoms with E-state index in [-0.39, 0.29) is 11.8 Å². The van der Waals surface area contributed by atoms with Crippen LogP contribution in [0.5, 0.6) is 0 Å². The van der Waals surface area contributed by atoms with Gasteiger partial charge in [-0.05, 0) is 24.6 Å². The molecule has 1 aliphatic rings. The van der Waals surface area contributed by atoms with Crippen molar-refractivity contribution >= 4 is 22.3 Å². The highest BCUT2D eigenvalue weighted by atomic mass is 16.6. The van der Waals surface area contributed by atoms with Crippen LogP contribution in [-0.2, 0) is 0 Å². The molecule has 0 saturated carbocycles. The molecular weight excluding hydrogens is 246 g/mol. The molecule has 0 spiro atoms. The number of nitro groups is 1. The Bertz CT molecular complexity index is 644. The third kappa shape index (κ3) is 2.00. The lowest BCUT2D eigenvalue weighted by Crippen LogP contribution is -2.21. The number of non-ortho nitro benzene ring substituents is 1. The molecule has 1 N–H and O–H groups in total. The van der Waals surface area contributed by atoms with Gasteiger partial charge in [-0.25, -0.2) is 4.98 Å². The zero-order valence-corrected chi connectivity index (χ0v) is 10.2. The van der Waals surface area contributed by atoms with E-state index in [1.165, 1.54) is 6.07 Å². The first-order valence-electron chi connectivity index (χ1n) is 6.12. The normalized spacial score (nSPS) is 19.0. The van der Waals surface area contributed by atoms with Crippen LogP contribution in [0.15, 0.2) is 30.5 Å². The van der Waals surface area contributed by atoms with E-state index < -0.39 is 4.92 Å². The Morgan fingerprint density at radius 2 is 2.26 bits per heavy atom. The van der Waals surface area contributed by atoms with Gasteiger partial charge in [0.25, 0.3) is 5.69 Å². The summed E-state index contributed by atoms with van der Waals surface area (Å²) in [5.74, 6) is 0. The standard InChI is InChI=1S/C13H13N3O3/c17-9-5-7-15(8-9)11-3-4-12(16(18)19)13-10(11)2-1-6-14-13/h1-4,6,9,17H,5,7-8H2/t9-/m0/s1. The number of benzene rings is 1. The maximum Gasteiger partial charge on any atom is 0.295 e. The summed E-state index contributed by atoms with van der Waals surface area (Å²) in [4.78, 5) is 16.8. The lowest BCUT2D eigenvalue weighted by Gasteiger charge is -2.19. The van der Waals surface area contributed by atoms with E-state index in [2.05, 4.69) is 4.98 Å². The molecule has 0 bridgehead atoms. The van der Waals surface area contributed by atoms with Crippen LogP contribution in [0.25, 0.3) is 10.9 Å². The third-order valence-corrected chi connectivity index (χ3v) is 3.43. The lowest BCUT2D eigenvalue weighted by atomic mass is 10.1. The molecule has 1 atom stereocenters. The van der Waals surface area contributed by atoms with Crippen LogP contribution in [0.2, 0.25) is 0 Å². The van der Waals surface area contributed by atoms with Gasteiger partial charge < -0.3 is 10.0 Å². The molecular formula is C13H13N3O3. The summed E-state index contributed by atoms with van der Waals surface area (Å²) in [6, 6.07) is 6.81. The van der Waals surface area contributed by atoms with E-state index in [0.29, 0.717) is 12.1 Å². The summed E-state index contributed by atoms with van der Waals surface area (Å²) in [6.07, 6.45) is 1.94. The number of rotatable bonds is 2. The first kappa shape index (κ1) is 11.9. The van der Waals surface area contributed by atoms with Crippen molar-refractivity contribution in [1.82, 2.24) is 4.98 Å². The Morgan fingerprint density at radius 3 is 2.95 bits per heavy atom. The number of aliphatic hydroxyl groups excluding tert-OH is 1. The molecule has 1 aliphatic heterocycles. The number of β-amino-alcohol motifs (C(OH)–C–C–N with tert-alkyl or cyclic N) is 1. The first-order chi connectivity index (χ1) is 9.16. The number of aliphatic hydroxyl groups is 1. The third-order valence-electron chi connectivity index (χ3n) is 3.43. The Balaban J connectivity index is 2.17. The second-order valence-electron chi connectivity index (χ2n) is 4.65. The highest BCUT2D eigenvalue weighted by Crippen LogP contribution is 2.33. The topological polar surface area (TPSA) is 79.5 Å². The van der Waals surface area contributed by atoms with E-state index in [0.717, 1.165) is 24.0 Å². The predicted octanol–water partition coefficient (Wildman–Crippen LogP) is 1.71. The fourth-order valence-electron chi connectivity index (χ4n) is 2.53. The van der Waals surface area contributed by atoms with Gasteiger partial charge in [0.1, 0.15) is 5.52 Å². The molecule has 0 unspecified atom stereocenters. The molecule has 6 nitrogen and oxygen atoms in total. The molecule has 1 aromatic heterocycles. The Morgan fingerprint density at radius 1 is 1.42 bits per heavy atom. The Labute approximate surface area is 109 Å². The Hall–Kier alpha value is -2.21. The molecule has 0 radical (unpaired) electrons. The van der Waals surface area contributed by atoms with E-state index >= 15 is 0 Å². The minimum atomic E-state index is -0.419. The molecule has 1 saturated heterocycles. The SMILES string of the molecule is O=[N+]([O-])c1ccc(N2CC[C@H](O)C2)c2cccnc12. The van der Waals surface area contributed by atoms with Crippen LogP contribution in [0.3, 0.4) is 0 Å². The molecule has 19 heavy (non-hydrogen) atoms. The van der Waals surface area contributed by atoms with Gasteiger partial charge in [0.2, 0.25) is 0 Å². The van der Waals surface area contributed by atoms with Gasteiger partial charge in [-0.3, -0.25) is 10.1 Å². The zero-order valence-electron chi connectivity index (χ0n) is 10.2. The van der Waals surface area contributed by atoms with Crippen LogP contribution >= 0.6 is 0 Å². The summed E-state index contributed by atoms with van der Waals surface area (Å²) in [5.41, 5.74) is 1.30. The van der Waals surface area contributed by atoms with Crippen molar-refractivity contribution < 1.29 is 10.0 Å². The van der Waals surface area contributed by atoms with Gasteiger partial charge in [0.15, 0.2) is 0 Å². The number of nitrogens with zero attached hydrogens (tertiary/aromatic N) is 3. The quantitative estimate of drug-likeness (QED) is 0.656. The minimum Gasteiger partial charge on any atom is -0.391 e. The van der Waals surface area contributed by atoms with E-state index in [1.807, 2.05) is 11.0 Å². The highest BCUT2D eigenvalue weighted by molar-refractivity contribution is 5.97. The number of hydrogen-bond acceptors (Lipinski definition) is 5. The number of hydrogen-bond donors (Lipinski definition) is 1. The molecule has 2 heterocycles. The molecule has 0 amide bonds. The van der Waals surface area contributed by atoms with Crippen molar-refractivity contribution in [3.8, 4) is 0 Å². The molecule has 1 aromatic carbocycles. The van der Waals surface area contributed by atoms with Crippen LogP contribution in [-0.4, -0.2) is 34.2 Å². The number of anilines is 1. The molecule has 1 fully saturated rings. The molecule has 2 aromatic rings. The van der Waals surface area contributed by atoms with Gasteiger partial charge in [-0.15, -0.1) is 0 Å². The summed E-state index contributed by atoms with van der Waals surface area (Å²) in [5, 5.41) is 21.4. The highest BCUT2D eigenvalue weighted by Gasteiger charge is 2.24. The number of fused-ring (bicyclic) bond motifs is 1. The number of aromatic nitrogens is 1. The largest absolute Gasteiger partial charge is 0.391 e. The molecule has 3 rings (SSSR count). The number of nitro benzene ring substituents is 1. The van der Waals surface area contributed by atoms with Crippen molar-refractivity contribution in [2.24, 2.45) is 0 Å². The fraction of sp³-hybridized carbons (Fsp3) is 0.308. The van der Waals surface area contributed by atoms with Gasteiger partial charge in [0, 0.05) is 36.4 Å². The van der Waals surface area contributed by atoms with Crippen LogP contribution in [0, 0.1) is 10.1 Å². The van der Waals surface area contributed by atoms with Crippen LogP contribution in [0.1, 0.15) is 6.42 Å². The van der Waals surface area contributed by atoms with Crippen LogP contribution in [0.4, 0.5) is 11.4 Å². The maximum atomic E-state index is 11.0. The van der Waals surface area contributed by atoms with Crippen LogP contribution < -0.4 is 4.90 Å². The van der Waals surface area contributed by atoms with Crippen molar-refractivity contribution in [3.63, 3.8) is 0 Å². The van der Waals surface area contributed by atoms with E-state index in [9.17, 15) is 15.2 Å². The second-order valence-corrected chi connectivity index (χ2v) is 4.65. The van der Waals surface area contributed by atoms with E-state index in [1.54, 1.807) is 18.3 Å². The average molecular weight is 259 g/mol. The minimum absolute atomic E-state index is 0.0131. The average Bonchev–Trinajstić information content (AvgIpc) is 2.83. The molecule has 0 aliphatic carbocycles. The maximum absolute atomic E-state index is 11.0. The van der Waals surface area contributed by atoms with Crippen molar-refractivity contribution in [2.75, 3.05) is 18.0 Å². The monoisotopic (exact) mass is 259 g/mol. The zero-order chi connectivity index (χ0) is 13.4. The summed E-state index contributed by atoms with van der Waals surface area (Å²) < 4.78 is 0. The second kappa shape index (κ2) is 4.47. The van der Waals surface area contributed by atoms with Crippen molar-refractivity contribution in [1.29, 1.82) is 0 Å². The van der Waals surface area contributed by atoms with Gasteiger partial charge in [-0.1, -0.05) is 0 Å². The summed E-state index contributed by atoms with van der Waals surface area (Å²) in [6.45, 7) is 1.31.